The number of nitriles is 1. The summed E-state index contributed by atoms with van der Waals surface area (Å²) < 4.78 is 92.1. The second-order valence-corrected chi connectivity index (χ2v) is 7.87. The van der Waals surface area contributed by atoms with Crippen LogP contribution in [0.4, 0.5) is 26.3 Å². The zero-order valence-electron chi connectivity index (χ0n) is 18.8. The molecule has 0 fully saturated rings. The van der Waals surface area contributed by atoms with E-state index in [1.807, 2.05) is 0 Å². The lowest BCUT2D eigenvalue weighted by molar-refractivity contribution is -0.614. The highest BCUT2D eigenvalue weighted by molar-refractivity contribution is 6.32. The summed E-state index contributed by atoms with van der Waals surface area (Å²) in [5.41, 5.74) is -4.68. The summed E-state index contributed by atoms with van der Waals surface area (Å²) >= 11 is 6.01. The van der Waals surface area contributed by atoms with Crippen molar-refractivity contribution < 1.29 is 45.7 Å². The smallest absolute Gasteiger partial charge is 0.352 e. The molecule has 0 amide bonds. The molecule has 0 saturated heterocycles. The molecule has 1 N–H and O–H groups in total. The first kappa shape index (κ1) is 28.5. The zero-order valence-corrected chi connectivity index (χ0v) is 19.5. The van der Waals surface area contributed by atoms with E-state index in [-0.39, 0.29) is 34.4 Å². The van der Waals surface area contributed by atoms with Gasteiger partial charge in [-0.15, -0.1) is 0 Å². The van der Waals surface area contributed by atoms with E-state index < -0.39 is 59.2 Å². The van der Waals surface area contributed by atoms with E-state index in [0.717, 1.165) is 24.4 Å². The molecule has 9 nitrogen and oxygen atoms in total. The number of nitrogens with zero attached hydrogens (tertiary/aromatic N) is 4. The molecule has 0 spiro atoms. The highest BCUT2D eigenvalue weighted by Gasteiger charge is 2.48. The Morgan fingerprint density at radius 3 is 2.55 bits per heavy atom. The summed E-state index contributed by atoms with van der Waals surface area (Å²) in [5, 5.41) is 30.1. The van der Waals surface area contributed by atoms with E-state index in [1.165, 1.54) is 0 Å². The quantitative estimate of drug-likeness (QED) is 0.225. The van der Waals surface area contributed by atoms with Crippen molar-refractivity contribution in [3.05, 3.63) is 79.9 Å². The Bertz CT molecular complexity index is 1430. The first-order valence-electron chi connectivity index (χ1n) is 10.3. The zero-order chi connectivity index (χ0) is 28.2. The Morgan fingerprint density at radius 2 is 1.95 bits per heavy atom. The number of hydrogen-bond donors (Lipinski definition) is 1. The summed E-state index contributed by atoms with van der Waals surface area (Å²) in [6.45, 7) is -1.25. The fourth-order valence-electron chi connectivity index (χ4n) is 3.09. The lowest BCUT2D eigenvalue weighted by atomic mass is 10.1. The Hall–Kier alpha value is -4.03. The van der Waals surface area contributed by atoms with Crippen LogP contribution < -0.4 is 19.8 Å². The minimum absolute atomic E-state index is 0.118. The molecule has 2 heterocycles. The Kier molecular flexibility index (Phi) is 8.69. The SMILES string of the molecule is N#Cc1cc(Oc2c(C(F)(F)C(F)F)ncn(Cc3cc(Cl)c(OCCO)c[n+]3[O-])c2=O)cc(C(F)F)c1. The Morgan fingerprint density at radius 1 is 1.24 bits per heavy atom. The van der Waals surface area contributed by atoms with E-state index >= 15 is 0 Å². The molecule has 0 radical (unpaired) electrons. The van der Waals surface area contributed by atoms with Crippen LogP contribution in [0.3, 0.4) is 0 Å². The van der Waals surface area contributed by atoms with Gasteiger partial charge < -0.3 is 19.8 Å². The third kappa shape index (κ3) is 6.09. The van der Waals surface area contributed by atoms with Crippen LogP contribution in [0, 0.1) is 16.5 Å². The van der Waals surface area contributed by atoms with E-state index in [4.69, 9.17) is 31.4 Å². The van der Waals surface area contributed by atoms with Gasteiger partial charge in [-0.1, -0.05) is 11.6 Å². The normalized spacial score (nSPS) is 11.6. The first-order chi connectivity index (χ1) is 17.9. The molecule has 0 unspecified atom stereocenters. The molecule has 0 aliphatic rings. The van der Waals surface area contributed by atoms with Crippen LogP contribution in [0.2, 0.25) is 5.02 Å². The topological polar surface area (TPSA) is 124 Å². The average molecular weight is 565 g/mol. The third-order valence-electron chi connectivity index (χ3n) is 4.84. The van der Waals surface area contributed by atoms with Crippen LogP contribution >= 0.6 is 11.6 Å². The summed E-state index contributed by atoms with van der Waals surface area (Å²) in [6, 6.07) is 4.83. The van der Waals surface area contributed by atoms with Gasteiger partial charge in [0, 0.05) is 11.6 Å². The monoisotopic (exact) mass is 564 g/mol. The summed E-state index contributed by atoms with van der Waals surface area (Å²) in [6.07, 6.45) is -6.13. The molecule has 3 rings (SSSR count). The van der Waals surface area contributed by atoms with E-state index in [2.05, 4.69) is 4.98 Å². The molecule has 0 aliphatic carbocycles. The van der Waals surface area contributed by atoms with Crippen molar-refractivity contribution in [2.75, 3.05) is 13.2 Å². The predicted octanol–water partition coefficient (Wildman–Crippen LogP) is 3.91. The van der Waals surface area contributed by atoms with Crippen molar-refractivity contribution >= 4 is 11.6 Å². The van der Waals surface area contributed by atoms with Gasteiger partial charge in [0.1, 0.15) is 18.9 Å². The average Bonchev–Trinajstić information content (AvgIpc) is 2.86. The fraction of sp³-hybridized carbons (Fsp3) is 0.273. The Balaban J connectivity index is 2.12. The molecule has 2 aromatic heterocycles. The number of benzene rings is 1. The molecular weight excluding hydrogens is 550 g/mol. The minimum atomic E-state index is -5.00. The van der Waals surface area contributed by atoms with Gasteiger partial charge in [-0.25, -0.2) is 22.5 Å². The second-order valence-electron chi connectivity index (χ2n) is 7.46. The number of halogens is 7. The molecular formula is C22H15ClF6N4O5. The fourth-order valence-corrected chi connectivity index (χ4v) is 3.32. The van der Waals surface area contributed by atoms with Crippen molar-refractivity contribution in [2.45, 2.75) is 25.3 Å². The van der Waals surface area contributed by atoms with Crippen LogP contribution in [-0.2, 0) is 12.5 Å². The number of pyridine rings is 1. The molecule has 38 heavy (non-hydrogen) atoms. The van der Waals surface area contributed by atoms with Gasteiger partial charge in [-0.2, -0.15) is 18.8 Å². The number of aliphatic hydroxyl groups excluding tert-OH is 1. The molecule has 3 aromatic rings. The van der Waals surface area contributed by atoms with Crippen molar-refractivity contribution in [1.82, 2.24) is 9.55 Å². The molecule has 0 atom stereocenters. The van der Waals surface area contributed by atoms with Crippen molar-refractivity contribution in [3.63, 3.8) is 0 Å². The van der Waals surface area contributed by atoms with Crippen LogP contribution in [-0.4, -0.2) is 34.3 Å². The van der Waals surface area contributed by atoms with Gasteiger partial charge in [0.2, 0.25) is 23.4 Å². The van der Waals surface area contributed by atoms with Gasteiger partial charge >= 0.3 is 12.3 Å². The summed E-state index contributed by atoms with van der Waals surface area (Å²) in [5.74, 6) is -7.26. The van der Waals surface area contributed by atoms with Crippen molar-refractivity contribution in [1.29, 1.82) is 5.26 Å². The van der Waals surface area contributed by atoms with Crippen LogP contribution in [0.15, 0.2) is 41.6 Å². The van der Waals surface area contributed by atoms with Gasteiger partial charge in [0.25, 0.3) is 12.0 Å². The number of alkyl halides is 6. The van der Waals surface area contributed by atoms with Crippen molar-refractivity contribution in [2.24, 2.45) is 0 Å². The largest absolute Gasteiger partial charge is 0.618 e. The molecule has 1 aromatic carbocycles. The highest BCUT2D eigenvalue weighted by Crippen LogP contribution is 2.39. The molecule has 202 valence electrons. The van der Waals surface area contributed by atoms with Gasteiger partial charge in [0.05, 0.1) is 29.6 Å². The lowest BCUT2D eigenvalue weighted by Crippen LogP contribution is -2.36. The maximum atomic E-state index is 14.3. The number of rotatable bonds is 10. The maximum absolute atomic E-state index is 14.3. The van der Waals surface area contributed by atoms with E-state index in [9.17, 15) is 36.3 Å². The molecule has 16 heteroatoms. The number of aromatic nitrogens is 3. The highest BCUT2D eigenvalue weighted by atomic mass is 35.5. The van der Waals surface area contributed by atoms with Gasteiger partial charge in [-0.3, -0.25) is 9.36 Å². The molecule has 0 aliphatic heterocycles. The third-order valence-corrected chi connectivity index (χ3v) is 5.14. The molecule has 0 bridgehead atoms. The maximum Gasteiger partial charge on any atom is 0.352 e. The van der Waals surface area contributed by atoms with Gasteiger partial charge in [0.15, 0.2) is 5.69 Å². The van der Waals surface area contributed by atoms with E-state index in [0.29, 0.717) is 17.0 Å². The lowest BCUT2D eigenvalue weighted by Gasteiger charge is -2.19. The predicted molar refractivity (Wildman–Crippen MR) is 117 cm³/mol. The van der Waals surface area contributed by atoms with Crippen LogP contribution in [0.1, 0.15) is 28.9 Å². The van der Waals surface area contributed by atoms with Crippen LogP contribution in [0.5, 0.6) is 17.2 Å². The number of aliphatic hydroxyl groups is 1. The number of ether oxygens (including phenoxy) is 2. The summed E-state index contributed by atoms with van der Waals surface area (Å²) in [7, 11) is 0. The van der Waals surface area contributed by atoms with Gasteiger partial charge in [-0.05, 0) is 18.2 Å². The van der Waals surface area contributed by atoms with Crippen molar-refractivity contribution in [3.8, 4) is 23.3 Å². The standard InChI is InChI=1S/C22H15ClF6N4O5/c23-15-6-13(33(36)9-16(15)37-2-1-34)8-32-10-31-18(22(28,29)21(26)27)17(20(32)35)38-14-4-11(7-30)3-12(5-14)19(24)25/h3-6,9-10,19,21,34H,1-2,8H2. The molecule has 0 saturated carbocycles. The number of hydrogen-bond acceptors (Lipinski definition) is 7. The second kappa shape index (κ2) is 11.6. The minimum Gasteiger partial charge on any atom is -0.618 e. The van der Waals surface area contributed by atoms with E-state index in [1.54, 1.807) is 6.07 Å². The van der Waals surface area contributed by atoms with Crippen LogP contribution in [0.25, 0.3) is 0 Å². The Labute approximate surface area is 214 Å². The first-order valence-corrected chi connectivity index (χ1v) is 10.7. The summed E-state index contributed by atoms with van der Waals surface area (Å²) in [4.78, 5) is 16.3.